The minimum atomic E-state index is -0.314. The summed E-state index contributed by atoms with van der Waals surface area (Å²) in [5, 5.41) is 8.75. The van der Waals surface area contributed by atoms with Crippen LogP contribution in [-0.2, 0) is 11.2 Å². The van der Waals surface area contributed by atoms with Crippen molar-refractivity contribution in [1.82, 2.24) is 20.9 Å². The molecule has 1 atom stereocenters. The molecule has 0 bridgehead atoms. The van der Waals surface area contributed by atoms with Gasteiger partial charge >= 0.3 is 0 Å². The number of benzene rings is 1. The highest BCUT2D eigenvalue weighted by Gasteiger charge is 2.16. The Morgan fingerprint density at radius 3 is 2.75 bits per heavy atom. The van der Waals surface area contributed by atoms with Crippen molar-refractivity contribution in [2.24, 2.45) is 0 Å². The average molecular weight is 382 g/mol. The van der Waals surface area contributed by atoms with Gasteiger partial charge in [-0.3, -0.25) is 9.59 Å². The van der Waals surface area contributed by atoms with Crippen LogP contribution < -0.4 is 16.0 Å². The molecule has 1 aliphatic heterocycles. The summed E-state index contributed by atoms with van der Waals surface area (Å²) in [6.07, 6.45) is 1.40. The molecule has 0 aliphatic carbocycles. The van der Waals surface area contributed by atoms with Crippen molar-refractivity contribution in [3.8, 4) is 0 Å². The molecule has 3 rings (SSSR count). The van der Waals surface area contributed by atoms with Crippen LogP contribution in [0.1, 0.15) is 38.5 Å². The molecular weight excluding hydrogens is 356 g/mol. The van der Waals surface area contributed by atoms with Gasteiger partial charge < -0.3 is 20.7 Å². The van der Waals surface area contributed by atoms with E-state index >= 15 is 0 Å². The number of hydrogen-bond donors (Lipinski definition) is 3. The summed E-state index contributed by atoms with van der Waals surface area (Å²) in [6.45, 7) is 2.87. The van der Waals surface area contributed by atoms with Crippen LogP contribution in [-0.4, -0.2) is 56.2 Å². The average Bonchev–Trinajstić information content (AvgIpc) is 2.74. The van der Waals surface area contributed by atoms with E-state index in [1.165, 1.54) is 6.07 Å². The predicted molar refractivity (Wildman–Crippen MR) is 106 cm³/mol. The highest BCUT2D eigenvalue weighted by Crippen LogP contribution is 2.12. The van der Waals surface area contributed by atoms with Crippen LogP contribution in [0.5, 0.6) is 0 Å². The Labute approximate surface area is 164 Å². The molecule has 7 nitrogen and oxygen atoms in total. The van der Waals surface area contributed by atoms with Crippen molar-refractivity contribution in [2.45, 2.75) is 18.9 Å². The number of nitrogens with zero attached hydrogens (tertiary/aromatic N) is 1. The van der Waals surface area contributed by atoms with Gasteiger partial charge in [0.15, 0.2) is 0 Å². The van der Waals surface area contributed by atoms with Gasteiger partial charge in [-0.2, -0.15) is 0 Å². The largest absolute Gasteiger partial charge is 0.376 e. The first-order chi connectivity index (χ1) is 13.7. The van der Waals surface area contributed by atoms with Gasteiger partial charge in [0.2, 0.25) is 0 Å². The molecule has 7 heteroatoms. The number of carbonyl (C=O) groups is 2. The maximum atomic E-state index is 12.6. The van der Waals surface area contributed by atoms with Gasteiger partial charge in [-0.15, -0.1) is 0 Å². The van der Waals surface area contributed by atoms with Crippen LogP contribution in [0.2, 0.25) is 0 Å². The van der Waals surface area contributed by atoms with E-state index in [1.54, 1.807) is 13.1 Å². The minimum Gasteiger partial charge on any atom is -0.376 e. The fraction of sp³-hybridized carbons (Fsp3) is 0.381. The van der Waals surface area contributed by atoms with E-state index in [-0.39, 0.29) is 23.6 Å². The summed E-state index contributed by atoms with van der Waals surface area (Å²) < 4.78 is 5.64. The molecule has 0 spiro atoms. The van der Waals surface area contributed by atoms with Crippen molar-refractivity contribution in [3.05, 3.63) is 65.0 Å². The normalized spacial score (nSPS) is 16.4. The maximum absolute atomic E-state index is 12.6. The third-order valence-corrected chi connectivity index (χ3v) is 4.58. The van der Waals surface area contributed by atoms with Crippen molar-refractivity contribution in [2.75, 3.05) is 33.3 Å². The third kappa shape index (κ3) is 5.61. The van der Waals surface area contributed by atoms with E-state index in [4.69, 9.17) is 4.74 Å². The number of amides is 2. The van der Waals surface area contributed by atoms with E-state index in [2.05, 4.69) is 20.9 Å². The Morgan fingerprint density at radius 1 is 1.21 bits per heavy atom. The van der Waals surface area contributed by atoms with Gasteiger partial charge in [0.25, 0.3) is 11.8 Å². The number of nitrogens with one attached hydrogen (secondary N) is 3. The van der Waals surface area contributed by atoms with Gasteiger partial charge in [0.05, 0.1) is 12.7 Å². The number of aromatic nitrogens is 1. The predicted octanol–water partition coefficient (Wildman–Crippen LogP) is 1.14. The molecule has 3 N–H and O–H groups in total. The first kappa shape index (κ1) is 20.0. The van der Waals surface area contributed by atoms with Crippen LogP contribution in [0.25, 0.3) is 0 Å². The number of hydrogen-bond acceptors (Lipinski definition) is 5. The number of morpholine rings is 1. The van der Waals surface area contributed by atoms with Crippen molar-refractivity contribution in [3.63, 3.8) is 0 Å². The molecule has 1 aliphatic rings. The maximum Gasteiger partial charge on any atom is 0.269 e. The summed E-state index contributed by atoms with van der Waals surface area (Å²) in [4.78, 5) is 29.1. The van der Waals surface area contributed by atoms with Gasteiger partial charge in [0, 0.05) is 44.4 Å². The molecular formula is C21H26N4O3. The fourth-order valence-corrected chi connectivity index (χ4v) is 3.11. The number of ether oxygens (including phenoxy) is 1. The quantitative estimate of drug-likeness (QED) is 0.668. The molecule has 1 unspecified atom stereocenters. The highest BCUT2D eigenvalue weighted by atomic mass is 16.5. The zero-order valence-electron chi connectivity index (χ0n) is 16.0. The highest BCUT2D eigenvalue weighted by molar-refractivity contribution is 5.98. The molecule has 2 amide bonds. The number of pyridine rings is 1. The molecule has 1 aromatic heterocycles. The van der Waals surface area contributed by atoms with Crippen LogP contribution in [0.3, 0.4) is 0 Å². The van der Waals surface area contributed by atoms with E-state index in [0.717, 1.165) is 25.1 Å². The second-order valence-corrected chi connectivity index (χ2v) is 6.72. The Morgan fingerprint density at radius 2 is 2.04 bits per heavy atom. The smallest absolute Gasteiger partial charge is 0.269 e. The van der Waals surface area contributed by atoms with Crippen LogP contribution in [0.15, 0.2) is 42.5 Å². The van der Waals surface area contributed by atoms with Crippen molar-refractivity contribution in [1.29, 1.82) is 0 Å². The monoisotopic (exact) mass is 382 g/mol. The second kappa shape index (κ2) is 9.96. The SMILES string of the molecule is CNC(=O)c1cc(C(=O)NCCC2CNCCO2)cc(Cc2ccccc2)n1. The standard InChI is InChI=1S/C21H26N4O3/c1-22-21(27)19-13-16(12-17(25-19)11-15-5-3-2-4-6-15)20(26)24-8-7-18-14-23-9-10-28-18/h2-6,12-13,18,23H,7-11,14H2,1H3,(H,22,27)(H,24,26). The molecule has 28 heavy (non-hydrogen) atoms. The Hall–Kier alpha value is -2.77. The Bertz CT molecular complexity index is 805. The number of rotatable bonds is 7. The first-order valence-electron chi connectivity index (χ1n) is 9.53. The second-order valence-electron chi connectivity index (χ2n) is 6.72. The van der Waals surface area contributed by atoms with E-state index in [9.17, 15) is 9.59 Å². The summed E-state index contributed by atoms with van der Waals surface area (Å²) in [5.41, 5.74) is 2.41. The first-order valence-corrected chi connectivity index (χ1v) is 9.53. The van der Waals surface area contributed by atoms with Crippen LogP contribution in [0.4, 0.5) is 0 Å². The fourth-order valence-electron chi connectivity index (χ4n) is 3.11. The Kier molecular flexibility index (Phi) is 7.11. The van der Waals surface area contributed by atoms with E-state index in [0.29, 0.717) is 30.8 Å². The van der Waals surface area contributed by atoms with E-state index < -0.39 is 0 Å². The molecule has 1 aromatic carbocycles. The van der Waals surface area contributed by atoms with Gasteiger partial charge in [-0.05, 0) is 24.1 Å². The molecule has 0 radical (unpaired) electrons. The lowest BCUT2D eigenvalue weighted by Gasteiger charge is -2.23. The lowest BCUT2D eigenvalue weighted by molar-refractivity contribution is 0.0239. The van der Waals surface area contributed by atoms with Crippen LogP contribution >= 0.6 is 0 Å². The molecule has 1 fully saturated rings. The summed E-state index contributed by atoms with van der Waals surface area (Å²) in [5.74, 6) is -0.531. The zero-order valence-corrected chi connectivity index (χ0v) is 16.0. The summed E-state index contributed by atoms with van der Waals surface area (Å²) in [6, 6.07) is 13.1. The van der Waals surface area contributed by atoms with Crippen molar-refractivity contribution < 1.29 is 14.3 Å². The summed E-state index contributed by atoms with van der Waals surface area (Å²) >= 11 is 0. The van der Waals surface area contributed by atoms with Crippen molar-refractivity contribution >= 4 is 11.8 Å². The molecule has 148 valence electrons. The Balaban J connectivity index is 1.69. The van der Waals surface area contributed by atoms with Gasteiger partial charge in [-0.1, -0.05) is 30.3 Å². The molecule has 1 saturated heterocycles. The lowest BCUT2D eigenvalue weighted by atomic mass is 10.1. The van der Waals surface area contributed by atoms with Gasteiger partial charge in [-0.25, -0.2) is 4.98 Å². The van der Waals surface area contributed by atoms with Gasteiger partial charge in [0.1, 0.15) is 5.69 Å². The van der Waals surface area contributed by atoms with Crippen LogP contribution in [0, 0.1) is 0 Å². The zero-order chi connectivity index (χ0) is 19.8. The van der Waals surface area contributed by atoms with E-state index in [1.807, 2.05) is 30.3 Å². The minimum absolute atomic E-state index is 0.113. The number of carbonyl (C=O) groups excluding carboxylic acids is 2. The lowest BCUT2D eigenvalue weighted by Crippen LogP contribution is -2.40. The third-order valence-electron chi connectivity index (χ3n) is 4.58. The molecule has 2 aromatic rings. The summed E-state index contributed by atoms with van der Waals surface area (Å²) in [7, 11) is 1.55. The topological polar surface area (TPSA) is 92.4 Å². The molecule has 2 heterocycles. The molecule has 0 saturated carbocycles.